The lowest BCUT2D eigenvalue weighted by molar-refractivity contribution is -0.384. The zero-order valence-corrected chi connectivity index (χ0v) is 12.9. The molecule has 0 aromatic heterocycles. The summed E-state index contributed by atoms with van der Waals surface area (Å²) in [4.78, 5) is 24.6. The van der Waals surface area contributed by atoms with Gasteiger partial charge in [0.15, 0.2) is 0 Å². The topological polar surface area (TPSA) is 99.3 Å². The second kappa shape index (κ2) is 5.54. The van der Waals surface area contributed by atoms with Crippen molar-refractivity contribution in [1.29, 1.82) is 5.26 Å². The molecule has 2 aliphatic rings. The molecular formula is C16H18N4O3. The number of hydrogen-bond acceptors (Lipinski definition) is 5. The fourth-order valence-corrected chi connectivity index (χ4v) is 3.12. The van der Waals surface area contributed by atoms with E-state index >= 15 is 0 Å². The van der Waals surface area contributed by atoms with Gasteiger partial charge in [-0.2, -0.15) is 5.26 Å². The molecule has 3 rings (SSSR count). The lowest BCUT2D eigenvalue weighted by Gasteiger charge is -2.25. The van der Waals surface area contributed by atoms with E-state index in [4.69, 9.17) is 0 Å². The van der Waals surface area contributed by atoms with Gasteiger partial charge in [-0.05, 0) is 43.7 Å². The molecule has 0 saturated heterocycles. The van der Waals surface area contributed by atoms with Crippen LogP contribution < -0.4 is 10.2 Å². The molecule has 0 spiro atoms. The number of carbonyl (C=O) groups excluding carboxylic acids is 1. The molecule has 1 aliphatic carbocycles. The number of nitro benzene ring substituents is 1. The largest absolute Gasteiger partial charge is 0.362 e. The number of fused-ring (bicyclic) bond motifs is 1. The summed E-state index contributed by atoms with van der Waals surface area (Å²) in [6.45, 7) is 2.58. The number of nitriles is 1. The van der Waals surface area contributed by atoms with Crippen LogP contribution in [0, 0.1) is 27.4 Å². The molecule has 7 heteroatoms. The first-order valence-corrected chi connectivity index (χ1v) is 7.67. The van der Waals surface area contributed by atoms with Crippen molar-refractivity contribution in [1.82, 2.24) is 5.32 Å². The highest BCUT2D eigenvalue weighted by molar-refractivity contribution is 5.83. The van der Waals surface area contributed by atoms with Gasteiger partial charge >= 0.3 is 0 Å². The number of nitrogens with zero attached hydrogens (tertiary/aromatic N) is 3. The number of anilines is 1. The molecule has 1 N–H and O–H groups in total. The molecule has 1 amide bonds. The molecule has 1 saturated carbocycles. The fourth-order valence-electron chi connectivity index (χ4n) is 3.12. The van der Waals surface area contributed by atoms with E-state index in [-0.39, 0.29) is 24.1 Å². The Morgan fingerprint density at radius 3 is 2.91 bits per heavy atom. The Balaban J connectivity index is 1.68. The summed E-state index contributed by atoms with van der Waals surface area (Å²) in [5.41, 5.74) is 1.02. The van der Waals surface area contributed by atoms with Gasteiger partial charge in [-0.15, -0.1) is 0 Å². The first-order valence-electron chi connectivity index (χ1n) is 7.67. The van der Waals surface area contributed by atoms with Crippen molar-refractivity contribution < 1.29 is 9.72 Å². The maximum atomic E-state index is 12.3. The number of nitro groups is 1. The Bertz CT molecular complexity index is 708. The summed E-state index contributed by atoms with van der Waals surface area (Å²) < 4.78 is 0. The third-order valence-corrected chi connectivity index (χ3v) is 4.63. The molecule has 0 radical (unpaired) electrons. The van der Waals surface area contributed by atoms with Crippen molar-refractivity contribution in [3.63, 3.8) is 0 Å². The maximum Gasteiger partial charge on any atom is 0.269 e. The molecule has 7 nitrogen and oxygen atoms in total. The van der Waals surface area contributed by atoms with Gasteiger partial charge in [0, 0.05) is 24.4 Å². The van der Waals surface area contributed by atoms with Crippen molar-refractivity contribution in [2.75, 3.05) is 18.0 Å². The minimum atomic E-state index is -0.797. The quantitative estimate of drug-likeness (QED) is 0.659. The average Bonchev–Trinajstić information content (AvgIpc) is 3.31. The highest BCUT2D eigenvalue weighted by Gasteiger charge is 2.43. The molecule has 0 unspecified atom stereocenters. The van der Waals surface area contributed by atoms with E-state index in [1.165, 1.54) is 6.07 Å². The Morgan fingerprint density at radius 2 is 2.30 bits per heavy atom. The van der Waals surface area contributed by atoms with Gasteiger partial charge in [-0.25, -0.2) is 0 Å². The summed E-state index contributed by atoms with van der Waals surface area (Å²) in [6.07, 6.45) is 2.63. The van der Waals surface area contributed by atoms with E-state index in [1.54, 1.807) is 19.1 Å². The lowest BCUT2D eigenvalue weighted by Crippen LogP contribution is -2.50. The van der Waals surface area contributed by atoms with Crippen molar-refractivity contribution in [2.45, 2.75) is 31.7 Å². The normalized spacial score (nSPS) is 18.7. The van der Waals surface area contributed by atoms with Crippen LogP contribution in [0.2, 0.25) is 0 Å². The van der Waals surface area contributed by atoms with Crippen molar-refractivity contribution >= 4 is 17.3 Å². The summed E-state index contributed by atoms with van der Waals surface area (Å²) in [5.74, 6) is 0.0529. The standard InChI is InChI=1S/C16H18N4O3/c1-16(10-17,12-2-3-12)18-15(21)9-19-7-6-11-8-13(20(22)23)4-5-14(11)19/h4-5,8,12H,2-3,6-7,9H2,1H3,(H,18,21)/t16-/m1/s1. The minimum Gasteiger partial charge on any atom is -0.362 e. The van der Waals surface area contributed by atoms with E-state index in [1.807, 2.05) is 4.90 Å². The van der Waals surface area contributed by atoms with Crippen LogP contribution in [0.1, 0.15) is 25.3 Å². The molecule has 1 aromatic carbocycles. The van der Waals surface area contributed by atoms with Gasteiger partial charge in [0.05, 0.1) is 17.5 Å². The van der Waals surface area contributed by atoms with Gasteiger partial charge in [0.1, 0.15) is 5.54 Å². The van der Waals surface area contributed by atoms with E-state index in [0.29, 0.717) is 13.0 Å². The van der Waals surface area contributed by atoms with Gasteiger partial charge in [0.25, 0.3) is 5.69 Å². The number of hydrogen-bond donors (Lipinski definition) is 1. The first kappa shape index (κ1) is 15.3. The molecule has 23 heavy (non-hydrogen) atoms. The Labute approximate surface area is 134 Å². The van der Waals surface area contributed by atoms with Crippen LogP contribution in [-0.2, 0) is 11.2 Å². The minimum absolute atomic E-state index is 0.0702. The van der Waals surface area contributed by atoms with Crippen molar-refractivity contribution in [3.8, 4) is 6.07 Å². The smallest absolute Gasteiger partial charge is 0.269 e. The van der Waals surface area contributed by atoms with Gasteiger partial charge in [-0.1, -0.05) is 0 Å². The Morgan fingerprint density at radius 1 is 1.57 bits per heavy atom. The second-order valence-electron chi connectivity index (χ2n) is 6.38. The molecule has 120 valence electrons. The number of carbonyl (C=O) groups is 1. The monoisotopic (exact) mass is 314 g/mol. The van der Waals surface area contributed by atoms with Crippen molar-refractivity contribution in [2.24, 2.45) is 5.92 Å². The van der Waals surface area contributed by atoms with Gasteiger partial charge in [-0.3, -0.25) is 14.9 Å². The van der Waals surface area contributed by atoms with Crippen LogP contribution in [0.25, 0.3) is 0 Å². The van der Waals surface area contributed by atoms with Crippen LogP contribution in [0.5, 0.6) is 0 Å². The second-order valence-corrected chi connectivity index (χ2v) is 6.38. The van der Waals surface area contributed by atoms with Crippen molar-refractivity contribution in [3.05, 3.63) is 33.9 Å². The van der Waals surface area contributed by atoms with E-state index < -0.39 is 10.5 Å². The number of non-ortho nitro benzene ring substituents is 1. The average molecular weight is 314 g/mol. The predicted octanol–water partition coefficient (Wildman–Crippen LogP) is 1.77. The Kier molecular flexibility index (Phi) is 3.68. The number of amides is 1. The molecule has 1 aromatic rings. The molecule has 1 atom stereocenters. The summed E-state index contributed by atoms with van der Waals surface area (Å²) in [6, 6.07) is 6.93. The van der Waals surface area contributed by atoms with E-state index in [2.05, 4.69) is 11.4 Å². The van der Waals surface area contributed by atoms with E-state index in [0.717, 1.165) is 24.1 Å². The summed E-state index contributed by atoms with van der Waals surface area (Å²) >= 11 is 0. The SMILES string of the molecule is C[C@](C#N)(NC(=O)CN1CCc2cc([N+](=O)[O-])ccc21)C1CC1. The van der Waals surface area contributed by atoms with Crippen LogP contribution in [0.15, 0.2) is 18.2 Å². The van der Waals surface area contributed by atoms with Crippen LogP contribution in [0.4, 0.5) is 11.4 Å². The molecular weight excluding hydrogens is 296 g/mol. The Hall–Kier alpha value is -2.62. The van der Waals surface area contributed by atoms with Crippen LogP contribution >= 0.6 is 0 Å². The zero-order chi connectivity index (χ0) is 16.6. The third kappa shape index (κ3) is 2.97. The van der Waals surface area contributed by atoms with Gasteiger partial charge < -0.3 is 10.2 Å². The number of rotatable bonds is 5. The fraction of sp³-hybridized carbons (Fsp3) is 0.500. The molecule has 0 bridgehead atoms. The van der Waals surface area contributed by atoms with E-state index in [9.17, 15) is 20.2 Å². The maximum absolute atomic E-state index is 12.3. The zero-order valence-electron chi connectivity index (χ0n) is 12.9. The summed E-state index contributed by atoms with van der Waals surface area (Å²) in [5, 5.41) is 23.0. The lowest BCUT2D eigenvalue weighted by atomic mass is 9.98. The molecule has 1 aliphatic heterocycles. The van der Waals surface area contributed by atoms with Crippen LogP contribution in [0.3, 0.4) is 0 Å². The third-order valence-electron chi connectivity index (χ3n) is 4.63. The summed E-state index contributed by atoms with van der Waals surface area (Å²) in [7, 11) is 0. The first-order chi connectivity index (χ1) is 10.9. The molecule has 1 heterocycles. The van der Waals surface area contributed by atoms with Gasteiger partial charge in [0.2, 0.25) is 5.91 Å². The highest BCUT2D eigenvalue weighted by Crippen LogP contribution is 2.39. The predicted molar refractivity (Wildman–Crippen MR) is 83.9 cm³/mol. The molecule has 1 fully saturated rings. The van der Waals surface area contributed by atoms with Crippen LogP contribution in [-0.4, -0.2) is 29.5 Å². The number of nitrogens with one attached hydrogen (secondary N) is 1. The highest BCUT2D eigenvalue weighted by atomic mass is 16.6. The number of benzene rings is 1.